The maximum atomic E-state index is 11.1. The molecular weight excluding hydrogens is 194 g/mol. The van der Waals surface area contributed by atoms with Gasteiger partial charge in [0.2, 0.25) is 0 Å². The molecule has 0 aliphatic rings. The maximum absolute atomic E-state index is 11.1. The fourth-order valence-corrected chi connectivity index (χ4v) is 1.60. The van der Waals surface area contributed by atoms with Crippen molar-refractivity contribution in [3.63, 3.8) is 0 Å². The van der Waals surface area contributed by atoms with Crippen LogP contribution in [0, 0.1) is 0 Å². The third kappa shape index (κ3) is 1.17. The molecule has 0 saturated heterocycles. The summed E-state index contributed by atoms with van der Waals surface area (Å²) in [5.74, 6) is -0.447. The van der Waals surface area contributed by atoms with E-state index in [1.807, 2.05) is 18.2 Å². The van der Waals surface area contributed by atoms with Crippen LogP contribution in [0.4, 0.5) is 0 Å². The van der Waals surface area contributed by atoms with Crippen LogP contribution in [0.15, 0.2) is 39.7 Å². The maximum Gasteiger partial charge on any atom is 0.417 e. The Kier molecular flexibility index (Phi) is 1.53. The van der Waals surface area contributed by atoms with Crippen LogP contribution >= 0.6 is 0 Å². The van der Waals surface area contributed by atoms with Crippen LogP contribution < -0.4 is 5.76 Å². The molecule has 2 N–H and O–H groups in total. The number of nitrogens with one attached hydrogen (secondary N) is 2. The molecule has 0 fully saturated rings. The normalized spacial score (nSPS) is 10.9. The van der Waals surface area contributed by atoms with Crippen molar-refractivity contribution in [2.75, 3.05) is 0 Å². The second-order valence-corrected chi connectivity index (χ2v) is 3.16. The van der Waals surface area contributed by atoms with E-state index in [0.717, 1.165) is 11.3 Å². The van der Waals surface area contributed by atoms with Crippen LogP contribution in [-0.4, -0.2) is 15.2 Å². The van der Waals surface area contributed by atoms with Crippen LogP contribution in [0.2, 0.25) is 0 Å². The number of fused-ring (bicyclic) bond motifs is 1. The Hall–Kier alpha value is -2.30. The molecule has 0 radical (unpaired) electrons. The summed E-state index contributed by atoms with van der Waals surface area (Å²) in [4.78, 5) is 13.7. The monoisotopic (exact) mass is 201 g/mol. The molecule has 0 unspecified atom stereocenters. The summed E-state index contributed by atoms with van der Waals surface area (Å²) in [6.07, 6.45) is 1.66. The molecule has 0 aliphatic carbocycles. The smallest absolute Gasteiger partial charge is 0.408 e. The van der Waals surface area contributed by atoms with Gasteiger partial charge in [-0.2, -0.15) is 5.10 Å². The number of hydrogen-bond donors (Lipinski definition) is 2. The lowest BCUT2D eigenvalue weighted by molar-refractivity contribution is 0.555. The van der Waals surface area contributed by atoms with Crippen molar-refractivity contribution in [3.8, 4) is 11.3 Å². The Balaban J connectivity index is 2.40. The summed E-state index contributed by atoms with van der Waals surface area (Å²) in [7, 11) is 0. The second-order valence-electron chi connectivity index (χ2n) is 3.16. The Morgan fingerprint density at radius 3 is 3.00 bits per heavy atom. The molecule has 5 heteroatoms. The lowest BCUT2D eigenvalue weighted by Gasteiger charge is -1.96. The highest BCUT2D eigenvalue weighted by Crippen LogP contribution is 2.24. The van der Waals surface area contributed by atoms with Crippen LogP contribution in [0.25, 0.3) is 22.4 Å². The predicted molar refractivity (Wildman–Crippen MR) is 54.4 cm³/mol. The average molecular weight is 201 g/mol. The van der Waals surface area contributed by atoms with Gasteiger partial charge < -0.3 is 4.42 Å². The molecule has 2 heterocycles. The van der Waals surface area contributed by atoms with E-state index >= 15 is 0 Å². The van der Waals surface area contributed by atoms with E-state index in [1.165, 1.54) is 0 Å². The zero-order valence-corrected chi connectivity index (χ0v) is 7.65. The van der Waals surface area contributed by atoms with Gasteiger partial charge in [0.25, 0.3) is 0 Å². The quantitative estimate of drug-likeness (QED) is 0.626. The zero-order chi connectivity index (χ0) is 10.3. The summed E-state index contributed by atoms with van der Waals surface area (Å²) in [6, 6.07) is 7.30. The summed E-state index contributed by atoms with van der Waals surface area (Å²) >= 11 is 0. The molecule has 5 nitrogen and oxygen atoms in total. The average Bonchev–Trinajstić information content (AvgIpc) is 2.82. The number of aromatic nitrogens is 3. The van der Waals surface area contributed by atoms with E-state index < -0.39 is 5.76 Å². The van der Waals surface area contributed by atoms with Gasteiger partial charge in [0, 0.05) is 11.8 Å². The molecule has 0 spiro atoms. The number of oxazole rings is 1. The molecule has 3 aromatic rings. The number of para-hydroxylation sites is 1. The molecule has 15 heavy (non-hydrogen) atoms. The van der Waals surface area contributed by atoms with E-state index in [2.05, 4.69) is 15.2 Å². The molecule has 0 saturated carbocycles. The van der Waals surface area contributed by atoms with Crippen molar-refractivity contribution in [3.05, 3.63) is 41.0 Å². The minimum atomic E-state index is -0.447. The van der Waals surface area contributed by atoms with Crippen molar-refractivity contribution >= 4 is 11.1 Å². The van der Waals surface area contributed by atoms with Gasteiger partial charge in [-0.05, 0) is 12.1 Å². The predicted octanol–water partition coefficient (Wildman–Crippen LogP) is 1.51. The van der Waals surface area contributed by atoms with Gasteiger partial charge in [-0.25, -0.2) is 4.79 Å². The van der Waals surface area contributed by atoms with Crippen molar-refractivity contribution in [2.45, 2.75) is 0 Å². The summed E-state index contributed by atoms with van der Waals surface area (Å²) in [5.41, 5.74) is 2.95. The Morgan fingerprint density at radius 1 is 1.27 bits per heavy atom. The number of aromatic amines is 2. The van der Waals surface area contributed by atoms with Gasteiger partial charge in [-0.3, -0.25) is 10.1 Å². The third-order valence-electron chi connectivity index (χ3n) is 2.25. The third-order valence-corrected chi connectivity index (χ3v) is 2.25. The first kappa shape index (κ1) is 8.05. The van der Waals surface area contributed by atoms with E-state index in [-0.39, 0.29) is 0 Å². The molecule has 2 aromatic heterocycles. The molecule has 0 bridgehead atoms. The summed E-state index contributed by atoms with van der Waals surface area (Å²) in [6.45, 7) is 0. The van der Waals surface area contributed by atoms with Crippen LogP contribution in [0.1, 0.15) is 0 Å². The molecule has 74 valence electrons. The molecule has 0 amide bonds. The molecule has 1 aromatic carbocycles. The number of rotatable bonds is 1. The van der Waals surface area contributed by atoms with Crippen molar-refractivity contribution < 1.29 is 4.42 Å². The van der Waals surface area contributed by atoms with Crippen molar-refractivity contribution in [2.24, 2.45) is 0 Å². The summed E-state index contributed by atoms with van der Waals surface area (Å²) < 4.78 is 4.96. The highest BCUT2D eigenvalue weighted by atomic mass is 16.4. The first-order valence-corrected chi connectivity index (χ1v) is 4.46. The van der Waals surface area contributed by atoms with Gasteiger partial charge in [0.15, 0.2) is 5.58 Å². The number of nitrogens with zero attached hydrogens (tertiary/aromatic N) is 1. The second kappa shape index (κ2) is 2.84. The largest absolute Gasteiger partial charge is 0.417 e. The Morgan fingerprint density at radius 2 is 2.20 bits per heavy atom. The van der Waals surface area contributed by atoms with E-state index in [1.54, 1.807) is 12.3 Å². The van der Waals surface area contributed by atoms with Gasteiger partial charge in [0.05, 0.1) is 11.2 Å². The standard InChI is InChI=1S/C10H7N3O2/c14-10-12-9-6(7-4-5-11-13-7)2-1-3-8(9)15-10/h1-5H,(H,11,13)(H,12,14). The molecule has 0 atom stereocenters. The SMILES string of the molecule is O=c1[nH]c2c(-c3ccn[nH]3)cccc2o1. The number of benzene rings is 1. The van der Waals surface area contributed by atoms with Crippen LogP contribution in [-0.2, 0) is 0 Å². The first-order valence-electron chi connectivity index (χ1n) is 4.46. The lowest BCUT2D eigenvalue weighted by atomic mass is 10.1. The highest BCUT2D eigenvalue weighted by Gasteiger charge is 2.08. The van der Waals surface area contributed by atoms with Crippen LogP contribution in [0.5, 0.6) is 0 Å². The Labute approximate surface area is 83.7 Å². The molecule has 0 aliphatic heterocycles. The van der Waals surface area contributed by atoms with E-state index in [9.17, 15) is 4.79 Å². The molecule has 3 rings (SSSR count). The number of hydrogen-bond acceptors (Lipinski definition) is 3. The van der Waals surface area contributed by atoms with Gasteiger partial charge in [-0.1, -0.05) is 12.1 Å². The van der Waals surface area contributed by atoms with Gasteiger partial charge >= 0.3 is 5.76 Å². The van der Waals surface area contributed by atoms with Gasteiger partial charge in [0.1, 0.15) is 0 Å². The van der Waals surface area contributed by atoms with E-state index in [0.29, 0.717) is 11.1 Å². The Bertz CT molecular complexity index is 649. The topological polar surface area (TPSA) is 74.7 Å². The van der Waals surface area contributed by atoms with Crippen molar-refractivity contribution in [1.82, 2.24) is 15.2 Å². The molecular formula is C10H7N3O2. The highest BCUT2D eigenvalue weighted by molar-refractivity contribution is 5.89. The fraction of sp³-hybridized carbons (Fsp3) is 0. The minimum Gasteiger partial charge on any atom is -0.408 e. The minimum absolute atomic E-state index is 0.447. The fourth-order valence-electron chi connectivity index (χ4n) is 1.60. The van der Waals surface area contributed by atoms with Crippen LogP contribution in [0.3, 0.4) is 0 Å². The van der Waals surface area contributed by atoms with E-state index in [4.69, 9.17) is 4.42 Å². The first-order chi connectivity index (χ1) is 7.34. The zero-order valence-electron chi connectivity index (χ0n) is 7.65. The number of H-pyrrole nitrogens is 2. The summed E-state index contributed by atoms with van der Waals surface area (Å²) in [5, 5.41) is 6.71. The van der Waals surface area contributed by atoms with Gasteiger partial charge in [-0.15, -0.1) is 0 Å². The van der Waals surface area contributed by atoms with Crippen molar-refractivity contribution in [1.29, 1.82) is 0 Å². The lowest BCUT2D eigenvalue weighted by Crippen LogP contribution is -1.93.